The van der Waals surface area contributed by atoms with Crippen molar-refractivity contribution in [2.45, 2.75) is 60.3 Å². The zero-order chi connectivity index (χ0) is 17.2. The van der Waals surface area contributed by atoms with Crippen molar-refractivity contribution in [1.29, 1.82) is 0 Å². The number of nitrogens with zero attached hydrogens (tertiary/aromatic N) is 2. The van der Waals surface area contributed by atoms with Gasteiger partial charge in [0.1, 0.15) is 0 Å². The maximum absolute atomic E-state index is 4.72. The van der Waals surface area contributed by atoms with E-state index in [1.54, 1.807) is 0 Å². The molecule has 1 aromatic rings. The molecule has 126 valence electrons. The van der Waals surface area contributed by atoms with Gasteiger partial charge in [-0.2, -0.15) is 5.10 Å². The second kappa shape index (κ2) is 10.0. The van der Waals surface area contributed by atoms with Gasteiger partial charge in [0.15, 0.2) is 0 Å². The second-order valence-electron chi connectivity index (χ2n) is 5.93. The van der Waals surface area contributed by atoms with Gasteiger partial charge in [0.05, 0.1) is 11.9 Å². The monoisotopic (exact) mass is 312 g/mol. The fraction of sp³-hybridized carbons (Fsp3) is 0.476. The molecule has 2 heteroatoms. The first-order chi connectivity index (χ1) is 11.0. The van der Waals surface area contributed by atoms with Gasteiger partial charge in [0.2, 0.25) is 0 Å². The first kappa shape index (κ1) is 19.2. The van der Waals surface area contributed by atoms with Crippen molar-refractivity contribution in [2.24, 2.45) is 5.10 Å². The molecule has 1 rings (SSSR count). The minimum Gasteiger partial charge on any atom is -0.266 e. The average molecular weight is 313 g/mol. The first-order valence-corrected chi connectivity index (χ1v) is 8.82. The van der Waals surface area contributed by atoms with Crippen LogP contribution in [0.1, 0.15) is 58.6 Å². The van der Waals surface area contributed by atoms with E-state index in [0.717, 1.165) is 37.8 Å². The largest absolute Gasteiger partial charge is 0.266 e. The van der Waals surface area contributed by atoms with Gasteiger partial charge in [-0.15, -0.1) is 0 Å². The fourth-order valence-electron chi connectivity index (χ4n) is 2.29. The van der Waals surface area contributed by atoms with Crippen LogP contribution in [0, 0.1) is 0 Å². The average Bonchev–Trinajstić information content (AvgIpc) is 2.60. The lowest BCUT2D eigenvalue weighted by Gasteiger charge is -2.21. The van der Waals surface area contributed by atoms with Gasteiger partial charge < -0.3 is 0 Å². The predicted octanol–water partition coefficient (Wildman–Crippen LogP) is 5.93. The summed E-state index contributed by atoms with van der Waals surface area (Å²) in [6.45, 7) is 15.7. The summed E-state index contributed by atoms with van der Waals surface area (Å²) in [6, 6.07) is 6.82. The summed E-state index contributed by atoms with van der Waals surface area (Å²) in [5.74, 6) is 0. The summed E-state index contributed by atoms with van der Waals surface area (Å²) in [4.78, 5) is 0. The molecule has 0 aliphatic heterocycles. The lowest BCUT2D eigenvalue weighted by Crippen LogP contribution is -2.18. The zero-order valence-corrected chi connectivity index (χ0v) is 15.5. The van der Waals surface area contributed by atoms with Crippen molar-refractivity contribution in [3.05, 3.63) is 53.1 Å². The van der Waals surface area contributed by atoms with Crippen LogP contribution in [-0.4, -0.2) is 12.8 Å². The van der Waals surface area contributed by atoms with E-state index in [1.807, 2.05) is 13.1 Å². The molecule has 2 nitrogen and oxygen atoms in total. The van der Waals surface area contributed by atoms with E-state index >= 15 is 0 Å². The Balaban J connectivity index is 3.10. The maximum atomic E-state index is 4.72. The number of hydrogen-bond donors (Lipinski definition) is 0. The molecule has 0 unspecified atom stereocenters. The Morgan fingerprint density at radius 1 is 1.13 bits per heavy atom. The minimum atomic E-state index is 0.936. The zero-order valence-electron chi connectivity index (χ0n) is 15.5. The number of allylic oxidation sites excluding steroid dienone is 3. The lowest BCUT2D eigenvalue weighted by molar-refractivity contribution is 0.740. The first-order valence-electron chi connectivity index (χ1n) is 8.82. The number of aryl methyl sites for hydroxylation is 2. The van der Waals surface area contributed by atoms with Crippen molar-refractivity contribution in [2.75, 3.05) is 11.6 Å². The lowest BCUT2D eigenvalue weighted by atomic mass is 10.1. The Bertz CT molecular complexity index is 545. The molecular weight excluding hydrogens is 280 g/mol. The van der Waals surface area contributed by atoms with Crippen LogP contribution in [0.2, 0.25) is 0 Å². The molecule has 23 heavy (non-hydrogen) atoms. The molecular formula is C21H32N2. The van der Waals surface area contributed by atoms with Crippen LogP contribution >= 0.6 is 0 Å². The molecule has 0 aromatic heterocycles. The normalized spacial score (nSPS) is 12.0. The summed E-state index contributed by atoms with van der Waals surface area (Å²) in [6.07, 6.45) is 8.35. The molecule has 0 atom stereocenters. The summed E-state index contributed by atoms with van der Waals surface area (Å²) >= 11 is 0. The van der Waals surface area contributed by atoms with E-state index < -0.39 is 0 Å². The van der Waals surface area contributed by atoms with Crippen LogP contribution in [0.25, 0.3) is 0 Å². The molecule has 0 bridgehead atoms. The molecule has 0 saturated carbocycles. The highest BCUT2D eigenvalue weighted by atomic mass is 15.4. The van der Waals surface area contributed by atoms with Crippen molar-refractivity contribution in [1.82, 2.24) is 0 Å². The third kappa shape index (κ3) is 6.05. The Labute approximate surface area is 142 Å². The van der Waals surface area contributed by atoms with Gasteiger partial charge >= 0.3 is 0 Å². The highest BCUT2D eigenvalue weighted by Crippen LogP contribution is 2.21. The highest BCUT2D eigenvalue weighted by molar-refractivity contribution is 5.84. The summed E-state index contributed by atoms with van der Waals surface area (Å²) in [5, 5.41) is 6.84. The van der Waals surface area contributed by atoms with E-state index in [1.165, 1.54) is 22.4 Å². The van der Waals surface area contributed by atoms with Gasteiger partial charge in [0.25, 0.3) is 0 Å². The topological polar surface area (TPSA) is 15.6 Å². The van der Waals surface area contributed by atoms with Gasteiger partial charge in [-0.25, -0.2) is 0 Å². The van der Waals surface area contributed by atoms with Crippen LogP contribution in [-0.2, 0) is 12.8 Å². The van der Waals surface area contributed by atoms with Crippen LogP contribution in [0.5, 0.6) is 0 Å². The third-order valence-corrected chi connectivity index (χ3v) is 4.17. The molecule has 1 aromatic carbocycles. The number of hydrazone groups is 1. The highest BCUT2D eigenvalue weighted by Gasteiger charge is 2.07. The predicted molar refractivity (Wildman–Crippen MR) is 105 cm³/mol. The van der Waals surface area contributed by atoms with E-state index in [2.05, 4.69) is 63.6 Å². The van der Waals surface area contributed by atoms with Crippen molar-refractivity contribution < 1.29 is 0 Å². The Morgan fingerprint density at radius 3 is 2.22 bits per heavy atom. The molecule has 0 saturated heterocycles. The van der Waals surface area contributed by atoms with Crippen molar-refractivity contribution >= 4 is 11.9 Å². The molecule has 0 fully saturated rings. The summed E-state index contributed by atoms with van der Waals surface area (Å²) < 4.78 is 0. The SMILES string of the molecule is C=C(/C=N\N(CCCC)c1cc(CC)cc(CC)c1)/C(C)=C/C. The van der Waals surface area contributed by atoms with Gasteiger partial charge in [-0.05, 0) is 67.5 Å². The summed E-state index contributed by atoms with van der Waals surface area (Å²) in [5.41, 5.74) is 6.08. The molecule has 0 N–H and O–H groups in total. The molecule has 0 spiro atoms. The minimum absolute atomic E-state index is 0.936. The van der Waals surface area contributed by atoms with E-state index in [0.29, 0.717) is 0 Å². The number of rotatable bonds is 9. The van der Waals surface area contributed by atoms with Gasteiger partial charge in [-0.1, -0.05) is 45.9 Å². The number of anilines is 1. The molecule has 0 radical (unpaired) electrons. The van der Waals surface area contributed by atoms with Crippen LogP contribution < -0.4 is 5.01 Å². The molecule has 0 aliphatic carbocycles. The Hall–Kier alpha value is -1.83. The molecule has 0 amide bonds. The quantitative estimate of drug-likeness (QED) is 0.313. The van der Waals surface area contributed by atoms with Crippen molar-refractivity contribution in [3.8, 4) is 0 Å². The standard InChI is InChI=1S/C21H32N2/c1-7-11-12-23(22-16-18(6)17(5)8-2)21-14-19(9-3)13-20(10-4)15-21/h8,13-16H,6-7,9-12H2,1-5H3/b17-8+,22-16-. The van der Waals surface area contributed by atoms with Crippen LogP contribution in [0.15, 0.2) is 47.1 Å². The number of unbranched alkanes of at least 4 members (excludes halogenated alkanes) is 1. The molecule has 0 aliphatic rings. The summed E-state index contributed by atoms with van der Waals surface area (Å²) in [7, 11) is 0. The van der Waals surface area contributed by atoms with Gasteiger partial charge in [-0.3, -0.25) is 5.01 Å². The smallest absolute Gasteiger partial charge is 0.0599 e. The fourth-order valence-corrected chi connectivity index (χ4v) is 2.29. The molecule has 0 heterocycles. The van der Waals surface area contributed by atoms with E-state index in [-0.39, 0.29) is 0 Å². The van der Waals surface area contributed by atoms with E-state index in [9.17, 15) is 0 Å². The number of hydrogen-bond acceptors (Lipinski definition) is 2. The third-order valence-electron chi connectivity index (χ3n) is 4.17. The van der Waals surface area contributed by atoms with E-state index in [4.69, 9.17) is 5.10 Å². The second-order valence-corrected chi connectivity index (χ2v) is 5.93. The Kier molecular flexibility index (Phi) is 8.39. The Morgan fingerprint density at radius 2 is 1.74 bits per heavy atom. The van der Waals surface area contributed by atoms with Crippen molar-refractivity contribution in [3.63, 3.8) is 0 Å². The van der Waals surface area contributed by atoms with Crippen LogP contribution in [0.4, 0.5) is 5.69 Å². The van der Waals surface area contributed by atoms with Gasteiger partial charge in [0, 0.05) is 6.54 Å². The number of benzene rings is 1. The van der Waals surface area contributed by atoms with Crippen LogP contribution in [0.3, 0.4) is 0 Å². The maximum Gasteiger partial charge on any atom is 0.0599 e.